The average molecular weight is 347 g/mol. The van der Waals surface area contributed by atoms with Crippen LogP contribution in [0.3, 0.4) is 0 Å². The topological polar surface area (TPSA) is 78.6 Å². The molecule has 0 aliphatic rings. The number of rotatable bonds is 4. The Morgan fingerprint density at radius 1 is 1.00 bits per heavy atom. The van der Waals surface area contributed by atoms with Gasteiger partial charge in [-0.1, -0.05) is 0 Å². The number of alkyl halides is 3. The van der Waals surface area contributed by atoms with Crippen molar-refractivity contribution in [3.05, 3.63) is 42.5 Å². The highest BCUT2D eigenvalue weighted by atomic mass is 32.2. The van der Waals surface area contributed by atoms with E-state index >= 15 is 0 Å². The van der Waals surface area contributed by atoms with Crippen molar-refractivity contribution in [1.29, 1.82) is 0 Å². The maximum absolute atomic E-state index is 12.1. The van der Waals surface area contributed by atoms with Gasteiger partial charge in [0.1, 0.15) is 17.2 Å². The lowest BCUT2D eigenvalue weighted by Gasteiger charge is -2.11. The van der Waals surface area contributed by atoms with Crippen LogP contribution in [-0.4, -0.2) is 21.0 Å². The minimum Gasteiger partial charge on any atom is -0.455 e. The van der Waals surface area contributed by atoms with E-state index in [0.29, 0.717) is 0 Å². The molecule has 0 unspecified atom stereocenters. The molecule has 0 fully saturated rings. The number of anilines is 1. The van der Waals surface area contributed by atoms with Gasteiger partial charge >= 0.3 is 6.36 Å². The van der Waals surface area contributed by atoms with Crippen LogP contribution in [0.25, 0.3) is 0 Å². The van der Waals surface area contributed by atoms with Crippen molar-refractivity contribution in [1.82, 2.24) is 0 Å². The summed E-state index contributed by atoms with van der Waals surface area (Å²) >= 11 is 0. The lowest BCUT2D eigenvalue weighted by atomic mass is 10.3. The van der Waals surface area contributed by atoms with Gasteiger partial charge in [0.2, 0.25) is 0 Å². The molecule has 23 heavy (non-hydrogen) atoms. The third-order valence-electron chi connectivity index (χ3n) is 2.69. The van der Waals surface area contributed by atoms with Gasteiger partial charge < -0.3 is 15.2 Å². The van der Waals surface area contributed by atoms with Crippen LogP contribution in [0.4, 0.5) is 18.9 Å². The van der Waals surface area contributed by atoms with Gasteiger partial charge in [0.25, 0.3) is 0 Å². The van der Waals surface area contributed by atoms with Gasteiger partial charge in [-0.05, 0) is 42.5 Å². The van der Waals surface area contributed by atoms with E-state index in [0.717, 1.165) is 18.4 Å². The van der Waals surface area contributed by atoms with E-state index in [2.05, 4.69) is 4.74 Å². The first-order valence-electron chi connectivity index (χ1n) is 6.18. The third-order valence-corrected chi connectivity index (χ3v) is 3.80. The van der Waals surface area contributed by atoms with Crippen LogP contribution in [0.15, 0.2) is 47.4 Å². The lowest BCUT2D eigenvalue weighted by molar-refractivity contribution is -0.274. The van der Waals surface area contributed by atoms with Crippen molar-refractivity contribution in [2.24, 2.45) is 0 Å². The molecular formula is C14H12F3NO4S. The van der Waals surface area contributed by atoms with Gasteiger partial charge in [-0.3, -0.25) is 0 Å². The number of sulfone groups is 1. The zero-order valence-electron chi connectivity index (χ0n) is 11.8. The molecule has 0 spiro atoms. The largest absolute Gasteiger partial charge is 0.573 e. The van der Waals surface area contributed by atoms with Gasteiger partial charge in [0.05, 0.1) is 10.6 Å². The molecular weight excluding hydrogens is 335 g/mol. The van der Waals surface area contributed by atoms with Gasteiger partial charge in [0, 0.05) is 6.26 Å². The second kappa shape index (κ2) is 5.99. The van der Waals surface area contributed by atoms with Crippen molar-refractivity contribution in [2.75, 3.05) is 12.0 Å². The first kappa shape index (κ1) is 16.9. The van der Waals surface area contributed by atoms with Crippen molar-refractivity contribution in [3.8, 4) is 17.2 Å². The van der Waals surface area contributed by atoms with Crippen LogP contribution in [0, 0.1) is 0 Å². The Morgan fingerprint density at radius 2 is 1.57 bits per heavy atom. The molecule has 0 radical (unpaired) electrons. The molecule has 0 amide bonds. The van der Waals surface area contributed by atoms with Crippen molar-refractivity contribution < 1.29 is 31.1 Å². The fourth-order valence-electron chi connectivity index (χ4n) is 1.69. The smallest absolute Gasteiger partial charge is 0.455 e. The molecule has 2 aromatic carbocycles. The summed E-state index contributed by atoms with van der Waals surface area (Å²) in [6.07, 6.45) is -3.73. The number of nitrogen functional groups attached to an aromatic ring is 1. The number of hydrogen-bond acceptors (Lipinski definition) is 5. The number of nitrogens with two attached hydrogens (primary N) is 1. The minimum atomic E-state index is -4.77. The number of hydrogen-bond donors (Lipinski definition) is 1. The molecule has 0 saturated heterocycles. The third kappa shape index (κ3) is 4.78. The molecule has 0 aromatic heterocycles. The summed E-state index contributed by atoms with van der Waals surface area (Å²) in [5.41, 5.74) is 5.80. The van der Waals surface area contributed by atoms with Crippen LogP contribution in [0.5, 0.6) is 17.2 Å². The summed E-state index contributed by atoms with van der Waals surface area (Å²) in [6.45, 7) is 0. The summed E-state index contributed by atoms with van der Waals surface area (Å²) in [5.74, 6) is 0.0190. The Kier molecular flexibility index (Phi) is 4.42. The molecule has 2 rings (SSSR count). The van der Waals surface area contributed by atoms with Gasteiger partial charge in [0.15, 0.2) is 9.84 Å². The predicted octanol–water partition coefficient (Wildman–Crippen LogP) is 3.36. The summed E-state index contributed by atoms with van der Waals surface area (Å²) in [4.78, 5) is 0.0382. The molecule has 124 valence electrons. The minimum absolute atomic E-state index is 0.0382. The quantitative estimate of drug-likeness (QED) is 0.858. The molecule has 2 N–H and O–H groups in total. The van der Waals surface area contributed by atoms with E-state index in [1.807, 2.05) is 0 Å². The summed E-state index contributed by atoms with van der Waals surface area (Å²) in [5, 5.41) is 0. The number of halogens is 3. The van der Waals surface area contributed by atoms with Crippen LogP contribution in [0.2, 0.25) is 0 Å². The Balaban J connectivity index is 2.16. The summed E-state index contributed by atoms with van der Waals surface area (Å²) < 4.78 is 68.1. The Morgan fingerprint density at radius 3 is 2.04 bits per heavy atom. The molecule has 0 aliphatic heterocycles. The highest BCUT2D eigenvalue weighted by Gasteiger charge is 2.31. The van der Waals surface area contributed by atoms with Gasteiger partial charge in [-0.25, -0.2) is 8.42 Å². The SMILES string of the molecule is CS(=O)(=O)c1ccc(Oc2ccc(OC(F)(F)F)cc2)c(N)c1. The average Bonchev–Trinajstić information content (AvgIpc) is 2.40. The van der Waals surface area contributed by atoms with Crippen LogP contribution < -0.4 is 15.2 Å². The first-order chi connectivity index (χ1) is 10.5. The van der Waals surface area contributed by atoms with E-state index in [1.54, 1.807) is 0 Å². The molecule has 5 nitrogen and oxygen atoms in total. The highest BCUT2D eigenvalue weighted by molar-refractivity contribution is 7.90. The van der Waals surface area contributed by atoms with E-state index in [4.69, 9.17) is 10.5 Å². The fraction of sp³-hybridized carbons (Fsp3) is 0.143. The second-order valence-corrected chi connectivity index (χ2v) is 6.61. The molecule has 0 bridgehead atoms. The zero-order chi connectivity index (χ0) is 17.3. The Hall–Kier alpha value is -2.42. The summed E-state index contributed by atoms with van der Waals surface area (Å²) in [7, 11) is -3.40. The molecule has 0 saturated carbocycles. The summed E-state index contributed by atoms with van der Waals surface area (Å²) in [6, 6.07) is 8.64. The van der Waals surface area contributed by atoms with Crippen LogP contribution >= 0.6 is 0 Å². The van der Waals surface area contributed by atoms with E-state index in [-0.39, 0.29) is 27.8 Å². The van der Waals surface area contributed by atoms with Gasteiger partial charge in [-0.15, -0.1) is 13.2 Å². The van der Waals surface area contributed by atoms with Gasteiger partial charge in [-0.2, -0.15) is 0 Å². The van der Waals surface area contributed by atoms with Crippen LogP contribution in [0.1, 0.15) is 0 Å². The number of ether oxygens (including phenoxy) is 2. The lowest BCUT2D eigenvalue weighted by Crippen LogP contribution is -2.16. The molecule has 0 aliphatic carbocycles. The highest BCUT2D eigenvalue weighted by Crippen LogP contribution is 2.31. The standard InChI is InChI=1S/C14H12F3NO4S/c1-23(19,20)11-6-7-13(12(18)8-11)21-9-2-4-10(5-3-9)22-14(15,16)17/h2-8H,18H2,1H3. The van der Waals surface area contributed by atoms with E-state index in [9.17, 15) is 21.6 Å². The molecule has 0 atom stereocenters. The monoisotopic (exact) mass is 347 g/mol. The molecule has 0 heterocycles. The molecule has 9 heteroatoms. The van der Waals surface area contributed by atoms with Crippen molar-refractivity contribution in [2.45, 2.75) is 11.3 Å². The van der Waals surface area contributed by atoms with E-state index < -0.39 is 16.2 Å². The Labute approximate surface area is 130 Å². The predicted molar refractivity (Wildman–Crippen MR) is 77.2 cm³/mol. The Bertz CT molecular complexity index is 802. The maximum Gasteiger partial charge on any atom is 0.573 e. The molecule has 2 aromatic rings. The normalized spacial score (nSPS) is 12.0. The maximum atomic E-state index is 12.1. The van der Waals surface area contributed by atoms with E-state index in [1.165, 1.54) is 30.3 Å². The number of benzene rings is 2. The fourth-order valence-corrected chi connectivity index (χ4v) is 2.34. The zero-order valence-corrected chi connectivity index (χ0v) is 12.6. The second-order valence-electron chi connectivity index (χ2n) is 4.59. The van der Waals surface area contributed by atoms with Crippen molar-refractivity contribution >= 4 is 15.5 Å². The van der Waals surface area contributed by atoms with Crippen molar-refractivity contribution in [3.63, 3.8) is 0 Å². The van der Waals surface area contributed by atoms with Crippen LogP contribution in [-0.2, 0) is 9.84 Å². The first-order valence-corrected chi connectivity index (χ1v) is 8.07.